The van der Waals surface area contributed by atoms with Crippen LogP contribution < -0.4 is 0 Å². The Morgan fingerprint density at radius 1 is 1.47 bits per heavy atom. The topological polar surface area (TPSA) is 68.0 Å². The van der Waals surface area contributed by atoms with Crippen molar-refractivity contribution in [3.8, 4) is 5.82 Å². The van der Waals surface area contributed by atoms with E-state index in [0.29, 0.717) is 10.6 Å². The molecule has 0 amide bonds. The standard InChI is InChI=1S/C11H10ClN3O2/c1-6-3-7(2)14-10(9(6)11(16)17)15-5-8(12)4-13-15/h3-5H,1-2H3,(H,16,17). The molecule has 5 nitrogen and oxygen atoms in total. The SMILES string of the molecule is Cc1cc(C)c(C(=O)O)c(-n2cc(Cl)cn2)n1. The van der Waals surface area contributed by atoms with Crippen LogP contribution in [0, 0.1) is 13.8 Å². The van der Waals surface area contributed by atoms with Gasteiger partial charge in [-0.15, -0.1) is 0 Å². The van der Waals surface area contributed by atoms with Gasteiger partial charge in [0.1, 0.15) is 5.56 Å². The third-order valence-corrected chi connectivity index (χ3v) is 2.50. The van der Waals surface area contributed by atoms with E-state index >= 15 is 0 Å². The summed E-state index contributed by atoms with van der Waals surface area (Å²) >= 11 is 5.76. The number of nitrogens with zero attached hydrogens (tertiary/aromatic N) is 3. The molecule has 0 aliphatic heterocycles. The van der Waals surface area contributed by atoms with Crippen LogP contribution in [0.15, 0.2) is 18.5 Å². The minimum Gasteiger partial charge on any atom is -0.478 e. The molecule has 0 spiro atoms. The van der Waals surface area contributed by atoms with Crippen LogP contribution in [0.4, 0.5) is 0 Å². The number of rotatable bonds is 2. The van der Waals surface area contributed by atoms with Gasteiger partial charge < -0.3 is 5.11 Å². The molecule has 2 heterocycles. The van der Waals surface area contributed by atoms with E-state index in [4.69, 9.17) is 11.6 Å². The molecule has 0 aliphatic rings. The first-order valence-electron chi connectivity index (χ1n) is 4.91. The average Bonchev–Trinajstić information content (AvgIpc) is 2.62. The highest BCUT2D eigenvalue weighted by molar-refractivity contribution is 6.30. The number of carbonyl (C=O) groups is 1. The maximum Gasteiger partial charge on any atom is 0.339 e. The molecule has 0 radical (unpaired) electrons. The van der Waals surface area contributed by atoms with Crippen LogP contribution >= 0.6 is 11.6 Å². The van der Waals surface area contributed by atoms with Crippen LogP contribution in [0.25, 0.3) is 5.82 Å². The Hall–Kier alpha value is -1.88. The van der Waals surface area contributed by atoms with Crippen molar-refractivity contribution in [1.29, 1.82) is 0 Å². The van der Waals surface area contributed by atoms with Crippen LogP contribution in [-0.2, 0) is 0 Å². The van der Waals surface area contributed by atoms with Crippen molar-refractivity contribution in [2.45, 2.75) is 13.8 Å². The van der Waals surface area contributed by atoms with E-state index in [2.05, 4.69) is 10.1 Å². The molecule has 0 unspecified atom stereocenters. The molecule has 2 aromatic heterocycles. The zero-order valence-electron chi connectivity index (χ0n) is 9.31. The quantitative estimate of drug-likeness (QED) is 0.889. The zero-order valence-corrected chi connectivity index (χ0v) is 10.1. The van der Waals surface area contributed by atoms with Gasteiger partial charge >= 0.3 is 5.97 Å². The van der Waals surface area contributed by atoms with E-state index in [-0.39, 0.29) is 11.4 Å². The molecular formula is C11H10ClN3O2. The van der Waals surface area contributed by atoms with Crippen LogP contribution in [0.1, 0.15) is 21.6 Å². The monoisotopic (exact) mass is 251 g/mol. The number of hydrogen-bond donors (Lipinski definition) is 1. The van der Waals surface area contributed by atoms with Gasteiger partial charge in [-0.1, -0.05) is 11.6 Å². The van der Waals surface area contributed by atoms with Crippen LogP contribution in [0.3, 0.4) is 0 Å². The second kappa shape index (κ2) is 4.18. The van der Waals surface area contributed by atoms with Gasteiger partial charge in [-0.3, -0.25) is 0 Å². The predicted octanol–water partition coefficient (Wildman–Crippen LogP) is 2.24. The third kappa shape index (κ3) is 2.14. The first-order chi connectivity index (χ1) is 7.99. The Kier molecular flexibility index (Phi) is 2.85. The molecule has 0 aromatic carbocycles. The molecule has 17 heavy (non-hydrogen) atoms. The third-order valence-electron chi connectivity index (χ3n) is 2.31. The number of halogens is 1. The molecule has 1 N–H and O–H groups in total. The Labute approximate surface area is 103 Å². The van der Waals surface area contributed by atoms with E-state index in [1.807, 2.05) is 0 Å². The van der Waals surface area contributed by atoms with Crippen molar-refractivity contribution < 1.29 is 9.90 Å². The summed E-state index contributed by atoms with van der Waals surface area (Å²) in [6.07, 6.45) is 2.96. The van der Waals surface area contributed by atoms with Gasteiger partial charge in [-0.2, -0.15) is 5.10 Å². The Balaban J connectivity index is 2.71. The van der Waals surface area contributed by atoms with Crippen molar-refractivity contribution in [2.75, 3.05) is 0 Å². The molecule has 0 saturated carbocycles. The fourth-order valence-corrected chi connectivity index (χ4v) is 1.80. The summed E-state index contributed by atoms with van der Waals surface area (Å²) in [4.78, 5) is 15.4. The lowest BCUT2D eigenvalue weighted by Crippen LogP contribution is -2.11. The molecule has 0 atom stereocenters. The lowest BCUT2D eigenvalue weighted by molar-refractivity contribution is 0.0695. The minimum absolute atomic E-state index is 0.135. The second-order valence-electron chi connectivity index (χ2n) is 3.69. The van der Waals surface area contributed by atoms with Crippen molar-refractivity contribution in [3.63, 3.8) is 0 Å². The largest absolute Gasteiger partial charge is 0.478 e. The first-order valence-corrected chi connectivity index (χ1v) is 5.29. The van der Waals surface area contributed by atoms with E-state index in [9.17, 15) is 9.90 Å². The highest BCUT2D eigenvalue weighted by Crippen LogP contribution is 2.19. The van der Waals surface area contributed by atoms with E-state index in [0.717, 1.165) is 5.69 Å². The van der Waals surface area contributed by atoms with Crippen LogP contribution in [0.5, 0.6) is 0 Å². The highest BCUT2D eigenvalue weighted by atomic mass is 35.5. The van der Waals surface area contributed by atoms with Crippen LogP contribution in [-0.4, -0.2) is 25.8 Å². The van der Waals surface area contributed by atoms with E-state index in [1.165, 1.54) is 17.1 Å². The van der Waals surface area contributed by atoms with Gasteiger partial charge in [0.05, 0.1) is 17.4 Å². The number of pyridine rings is 1. The Morgan fingerprint density at radius 3 is 2.71 bits per heavy atom. The fourth-order valence-electron chi connectivity index (χ4n) is 1.66. The van der Waals surface area contributed by atoms with Gasteiger partial charge in [-0.05, 0) is 25.5 Å². The number of aromatic nitrogens is 3. The van der Waals surface area contributed by atoms with Crippen LogP contribution in [0.2, 0.25) is 5.02 Å². The fraction of sp³-hybridized carbons (Fsp3) is 0.182. The maximum atomic E-state index is 11.2. The summed E-state index contributed by atoms with van der Waals surface area (Å²) < 4.78 is 1.37. The number of carboxylic acid groups (broad SMARTS) is 1. The first kappa shape index (κ1) is 11.6. The van der Waals surface area contributed by atoms with Crippen molar-refractivity contribution in [1.82, 2.24) is 14.8 Å². The van der Waals surface area contributed by atoms with E-state index in [1.54, 1.807) is 19.9 Å². The van der Waals surface area contributed by atoms with Crippen molar-refractivity contribution in [2.24, 2.45) is 0 Å². The smallest absolute Gasteiger partial charge is 0.339 e. The number of aryl methyl sites for hydroxylation is 2. The summed E-state index contributed by atoms with van der Waals surface area (Å²) in [5.41, 5.74) is 1.51. The lowest BCUT2D eigenvalue weighted by atomic mass is 10.1. The lowest BCUT2D eigenvalue weighted by Gasteiger charge is -2.09. The Bertz CT molecular complexity index is 592. The molecule has 2 aromatic rings. The molecular weight excluding hydrogens is 242 g/mol. The van der Waals surface area contributed by atoms with Gasteiger partial charge in [0.25, 0.3) is 0 Å². The summed E-state index contributed by atoms with van der Waals surface area (Å²) in [6.45, 7) is 3.53. The van der Waals surface area contributed by atoms with E-state index < -0.39 is 5.97 Å². The minimum atomic E-state index is -1.03. The molecule has 6 heteroatoms. The number of hydrogen-bond acceptors (Lipinski definition) is 3. The summed E-state index contributed by atoms with van der Waals surface area (Å²) in [7, 11) is 0. The Morgan fingerprint density at radius 2 is 2.18 bits per heavy atom. The molecule has 0 aliphatic carbocycles. The molecule has 0 saturated heterocycles. The van der Waals surface area contributed by atoms with Crippen molar-refractivity contribution in [3.05, 3.63) is 40.3 Å². The molecule has 88 valence electrons. The van der Waals surface area contributed by atoms with Crippen molar-refractivity contribution >= 4 is 17.6 Å². The average molecular weight is 252 g/mol. The van der Waals surface area contributed by atoms with Gasteiger partial charge in [0.2, 0.25) is 0 Å². The molecule has 0 bridgehead atoms. The summed E-state index contributed by atoms with van der Waals surface area (Å²) in [5, 5.41) is 13.6. The van der Waals surface area contributed by atoms with Gasteiger partial charge in [0.15, 0.2) is 5.82 Å². The second-order valence-corrected chi connectivity index (χ2v) is 4.12. The zero-order chi connectivity index (χ0) is 12.6. The predicted molar refractivity (Wildman–Crippen MR) is 62.8 cm³/mol. The van der Waals surface area contributed by atoms with Gasteiger partial charge in [-0.25, -0.2) is 14.5 Å². The summed E-state index contributed by atoms with van der Waals surface area (Å²) in [5.74, 6) is -0.751. The molecule has 0 fully saturated rings. The van der Waals surface area contributed by atoms with Gasteiger partial charge in [0, 0.05) is 5.69 Å². The molecule has 2 rings (SSSR count). The number of aromatic carboxylic acids is 1. The number of carboxylic acids is 1. The maximum absolute atomic E-state index is 11.2. The normalized spacial score (nSPS) is 10.5. The summed E-state index contributed by atoms with van der Waals surface area (Å²) in [6, 6.07) is 1.72. The highest BCUT2D eigenvalue weighted by Gasteiger charge is 2.17.